The maximum atomic E-state index is 11.7. The van der Waals surface area contributed by atoms with Crippen molar-refractivity contribution in [2.24, 2.45) is 0 Å². The molecule has 0 aliphatic carbocycles. The lowest BCUT2D eigenvalue weighted by atomic mass is 10.2. The van der Waals surface area contributed by atoms with Gasteiger partial charge < -0.3 is 10.4 Å². The highest BCUT2D eigenvalue weighted by molar-refractivity contribution is 5.94. The smallest absolute Gasteiger partial charge is 0.251 e. The minimum Gasteiger partial charge on any atom is -0.508 e. The minimum atomic E-state index is -0.218. The number of phenolic OH excluding ortho intramolecular Hbond substituents is 1. The summed E-state index contributed by atoms with van der Waals surface area (Å²) in [6.07, 6.45) is 3.38. The molecule has 86 valence electrons. The minimum absolute atomic E-state index is 0.0824. The van der Waals surface area contributed by atoms with Crippen LogP contribution in [0.25, 0.3) is 0 Å². The van der Waals surface area contributed by atoms with E-state index >= 15 is 0 Å². The Balaban J connectivity index is 1.98. The normalized spacial score (nSPS) is 9.88. The molecular formula is C13H12N2O2. The zero-order valence-corrected chi connectivity index (χ0v) is 9.13. The molecule has 0 saturated carbocycles. The predicted molar refractivity (Wildman–Crippen MR) is 63.5 cm³/mol. The fraction of sp³-hybridized carbons (Fsp3) is 0.0769. The van der Waals surface area contributed by atoms with Crippen molar-refractivity contribution in [2.75, 3.05) is 0 Å². The number of aromatic nitrogens is 1. The Morgan fingerprint density at radius 1 is 1.29 bits per heavy atom. The fourth-order valence-electron chi connectivity index (χ4n) is 1.43. The van der Waals surface area contributed by atoms with Crippen molar-refractivity contribution >= 4 is 5.91 Å². The average Bonchev–Trinajstić information content (AvgIpc) is 2.37. The summed E-state index contributed by atoms with van der Waals surface area (Å²) in [5, 5.41) is 12.0. The third kappa shape index (κ3) is 3.04. The first kappa shape index (κ1) is 11.1. The maximum Gasteiger partial charge on any atom is 0.251 e. The first-order valence-electron chi connectivity index (χ1n) is 5.22. The Morgan fingerprint density at radius 3 is 2.88 bits per heavy atom. The van der Waals surface area contributed by atoms with Gasteiger partial charge in [-0.3, -0.25) is 9.78 Å². The highest BCUT2D eigenvalue weighted by atomic mass is 16.3. The maximum absolute atomic E-state index is 11.7. The van der Waals surface area contributed by atoms with E-state index in [2.05, 4.69) is 10.3 Å². The molecule has 0 bridgehead atoms. The lowest BCUT2D eigenvalue weighted by Gasteiger charge is -2.05. The van der Waals surface area contributed by atoms with Gasteiger partial charge in [-0.2, -0.15) is 0 Å². The van der Waals surface area contributed by atoms with Gasteiger partial charge in [0.15, 0.2) is 0 Å². The van der Waals surface area contributed by atoms with Crippen LogP contribution in [0.3, 0.4) is 0 Å². The lowest BCUT2D eigenvalue weighted by Crippen LogP contribution is -2.22. The molecule has 1 aromatic carbocycles. The van der Waals surface area contributed by atoms with Crippen LogP contribution < -0.4 is 5.32 Å². The van der Waals surface area contributed by atoms with E-state index in [1.165, 1.54) is 12.1 Å². The summed E-state index contributed by atoms with van der Waals surface area (Å²) in [4.78, 5) is 15.7. The predicted octanol–water partition coefficient (Wildman–Crippen LogP) is 1.72. The number of rotatable bonds is 3. The van der Waals surface area contributed by atoms with Gasteiger partial charge in [-0.25, -0.2) is 0 Å². The number of benzene rings is 1. The highest BCUT2D eigenvalue weighted by Crippen LogP contribution is 2.10. The van der Waals surface area contributed by atoms with Crippen molar-refractivity contribution in [3.05, 3.63) is 59.9 Å². The number of nitrogens with zero attached hydrogens (tertiary/aromatic N) is 1. The number of phenols is 1. The summed E-state index contributed by atoms with van der Waals surface area (Å²) in [5.41, 5.74) is 1.37. The number of carbonyl (C=O) groups excluding carboxylic acids is 1. The largest absolute Gasteiger partial charge is 0.508 e. The Morgan fingerprint density at radius 2 is 2.18 bits per heavy atom. The van der Waals surface area contributed by atoms with Crippen LogP contribution in [0.15, 0.2) is 48.8 Å². The van der Waals surface area contributed by atoms with E-state index < -0.39 is 0 Å². The van der Waals surface area contributed by atoms with Gasteiger partial charge in [0.25, 0.3) is 5.91 Å². The van der Waals surface area contributed by atoms with E-state index in [1.54, 1.807) is 24.5 Å². The molecule has 17 heavy (non-hydrogen) atoms. The van der Waals surface area contributed by atoms with Gasteiger partial charge in [0, 0.05) is 24.5 Å². The van der Waals surface area contributed by atoms with Crippen LogP contribution in [0.2, 0.25) is 0 Å². The Labute approximate surface area is 98.9 Å². The molecule has 0 radical (unpaired) electrons. The topological polar surface area (TPSA) is 62.2 Å². The van der Waals surface area contributed by atoms with Gasteiger partial charge in [0.2, 0.25) is 0 Å². The number of amides is 1. The van der Waals surface area contributed by atoms with E-state index in [0.717, 1.165) is 5.56 Å². The number of nitrogens with one attached hydrogen (secondary N) is 1. The van der Waals surface area contributed by atoms with E-state index in [9.17, 15) is 9.90 Å². The van der Waals surface area contributed by atoms with Crippen molar-refractivity contribution in [2.45, 2.75) is 6.54 Å². The SMILES string of the molecule is O=C(NCc1cccnc1)c1cccc(O)c1. The summed E-state index contributed by atoms with van der Waals surface area (Å²) in [7, 11) is 0. The zero-order chi connectivity index (χ0) is 12.1. The molecule has 1 aromatic heterocycles. The third-order valence-electron chi connectivity index (χ3n) is 2.28. The van der Waals surface area contributed by atoms with Crippen molar-refractivity contribution in [1.29, 1.82) is 0 Å². The lowest BCUT2D eigenvalue weighted by molar-refractivity contribution is 0.0950. The molecule has 0 atom stereocenters. The second kappa shape index (κ2) is 5.12. The number of pyridine rings is 1. The van der Waals surface area contributed by atoms with Gasteiger partial charge in [0.05, 0.1) is 0 Å². The Kier molecular flexibility index (Phi) is 3.35. The molecule has 2 aromatic rings. The van der Waals surface area contributed by atoms with E-state index in [-0.39, 0.29) is 11.7 Å². The summed E-state index contributed by atoms with van der Waals surface area (Å²) in [5.74, 6) is -0.135. The van der Waals surface area contributed by atoms with Crippen LogP contribution >= 0.6 is 0 Å². The molecular weight excluding hydrogens is 216 g/mol. The zero-order valence-electron chi connectivity index (χ0n) is 9.13. The first-order chi connectivity index (χ1) is 8.25. The van der Waals surface area contributed by atoms with E-state index in [1.807, 2.05) is 12.1 Å². The second-order valence-corrected chi connectivity index (χ2v) is 3.59. The second-order valence-electron chi connectivity index (χ2n) is 3.59. The van der Waals surface area contributed by atoms with Gasteiger partial charge in [0.1, 0.15) is 5.75 Å². The van der Waals surface area contributed by atoms with Gasteiger partial charge >= 0.3 is 0 Å². The molecule has 0 saturated heterocycles. The van der Waals surface area contributed by atoms with Crippen LogP contribution in [0.4, 0.5) is 0 Å². The third-order valence-corrected chi connectivity index (χ3v) is 2.28. The molecule has 4 nitrogen and oxygen atoms in total. The summed E-state index contributed by atoms with van der Waals surface area (Å²) >= 11 is 0. The monoisotopic (exact) mass is 228 g/mol. The van der Waals surface area contributed by atoms with Crippen LogP contribution in [0, 0.1) is 0 Å². The molecule has 0 aliphatic heterocycles. The van der Waals surface area contributed by atoms with E-state index in [0.29, 0.717) is 12.1 Å². The molecule has 1 heterocycles. The van der Waals surface area contributed by atoms with Crippen LogP contribution in [-0.2, 0) is 6.54 Å². The number of hydrogen-bond acceptors (Lipinski definition) is 3. The molecule has 1 amide bonds. The average molecular weight is 228 g/mol. The number of aromatic hydroxyl groups is 1. The fourth-order valence-corrected chi connectivity index (χ4v) is 1.43. The van der Waals surface area contributed by atoms with Gasteiger partial charge in [-0.05, 0) is 29.8 Å². The molecule has 2 rings (SSSR count). The molecule has 4 heteroatoms. The standard InChI is InChI=1S/C13H12N2O2/c16-12-5-1-4-11(7-12)13(17)15-9-10-3-2-6-14-8-10/h1-8,16H,9H2,(H,15,17). The van der Waals surface area contributed by atoms with Crippen molar-refractivity contribution in [3.8, 4) is 5.75 Å². The highest BCUT2D eigenvalue weighted by Gasteiger charge is 2.05. The molecule has 0 spiro atoms. The summed E-state index contributed by atoms with van der Waals surface area (Å²) in [6, 6.07) is 9.94. The number of carbonyl (C=O) groups is 1. The Hall–Kier alpha value is -2.36. The molecule has 0 unspecified atom stereocenters. The van der Waals surface area contributed by atoms with Crippen LogP contribution in [-0.4, -0.2) is 16.0 Å². The van der Waals surface area contributed by atoms with Crippen molar-refractivity contribution in [1.82, 2.24) is 10.3 Å². The number of hydrogen-bond donors (Lipinski definition) is 2. The molecule has 0 aliphatic rings. The summed E-state index contributed by atoms with van der Waals surface area (Å²) < 4.78 is 0. The van der Waals surface area contributed by atoms with Crippen molar-refractivity contribution < 1.29 is 9.90 Å². The molecule has 0 fully saturated rings. The van der Waals surface area contributed by atoms with Crippen LogP contribution in [0.1, 0.15) is 15.9 Å². The van der Waals surface area contributed by atoms with Crippen LogP contribution in [0.5, 0.6) is 5.75 Å². The van der Waals surface area contributed by atoms with Gasteiger partial charge in [-0.1, -0.05) is 12.1 Å². The van der Waals surface area contributed by atoms with Gasteiger partial charge in [-0.15, -0.1) is 0 Å². The summed E-state index contributed by atoms with van der Waals surface area (Å²) in [6.45, 7) is 0.419. The Bertz CT molecular complexity index is 512. The first-order valence-corrected chi connectivity index (χ1v) is 5.22. The molecule has 2 N–H and O–H groups in total. The van der Waals surface area contributed by atoms with Crippen molar-refractivity contribution in [3.63, 3.8) is 0 Å². The quantitative estimate of drug-likeness (QED) is 0.840. The van der Waals surface area contributed by atoms with E-state index in [4.69, 9.17) is 0 Å².